The molecule has 1 saturated heterocycles. The van der Waals surface area contributed by atoms with Crippen molar-refractivity contribution in [3.63, 3.8) is 0 Å². The van der Waals surface area contributed by atoms with Crippen LogP contribution in [-0.4, -0.2) is 36.5 Å². The van der Waals surface area contributed by atoms with Crippen molar-refractivity contribution in [1.29, 1.82) is 0 Å². The monoisotopic (exact) mass is 208 g/mol. The second-order valence-corrected chi connectivity index (χ2v) is 4.04. The van der Waals surface area contributed by atoms with Gasteiger partial charge >= 0.3 is 0 Å². The van der Waals surface area contributed by atoms with Gasteiger partial charge < -0.3 is 10.2 Å². The number of hydrogen-bond acceptors (Lipinski definition) is 2. The first kappa shape index (κ1) is 12.1. The number of hydrogen-bond donors (Lipinski definition) is 1. The molecular formula is C12H20N2O. The minimum atomic E-state index is -0.177. The third kappa shape index (κ3) is 3.93. The highest BCUT2D eigenvalue weighted by Gasteiger charge is 2.18. The fraction of sp³-hybridized carbons (Fsp3) is 0.750. The molecule has 3 heteroatoms. The molecule has 0 bridgehead atoms. The first-order chi connectivity index (χ1) is 7.27. The van der Waals surface area contributed by atoms with E-state index in [0.29, 0.717) is 6.04 Å². The summed E-state index contributed by atoms with van der Waals surface area (Å²) in [5.41, 5.74) is 0. The van der Waals surface area contributed by atoms with Crippen LogP contribution in [0.25, 0.3) is 0 Å². The van der Waals surface area contributed by atoms with Gasteiger partial charge in [0.25, 0.3) is 5.91 Å². The zero-order chi connectivity index (χ0) is 11.1. The Balaban J connectivity index is 2.42. The van der Waals surface area contributed by atoms with E-state index < -0.39 is 0 Å². The predicted octanol–water partition coefficient (Wildman–Crippen LogP) is 1.00. The van der Waals surface area contributed by atoms with Crippen molar-refractivity contribution in [1.82, 2.24) is 10.2 Å². The summed E-state index contributed by atoms with van der Waals surface area (Å²) in [7, 11) is 0. The van der Waals surface area contributed by atoms with Gasteiger partial charge in [0.1, 0.15) is 0 Å². The summed E-state index contributed by atoms with van der Waals surface area (Å²) < 4.78 is 0. The molecule has 0 aromatic heterocycles. The molecule has 0 aromatic rings. The summed E-state index contributed by atoms with van der Waals surface area (Å²) in [4.78, 5) is 13.2. The maximum atomic E-state index is 11.4. The molecule has 1 unspecified atom stereocenters. The number of nitrogens with zero attached hydrogens (tertiary/aromatic N) is 1. The molecule has 0 saturated carbocycles. The third-order valence-electron chi connectivity index (χ3n) is 2.76. The third-order valence-corrected chi connectivity index (χ3v) is 2.76. The summed E-state index contributed by atoms with van der Waals surface area (Å²) in [5, 5.41) is 3.42. The van der Waals surface area contributed by atoms with E-state index in [2.05, 4.69) is 18.2 Å². The molecule has 0 aromatic carbocycles. The van der Waals surface area contributed by atoms with Crippen LogP contribution < -0.4 is 5.32 Å². The fourth-order valence-electron chi connectivity index (χ4n) is 1.98. The van der Waals surface area contributed by atoms with E-state index in [1.165, 1.54) is 12.8 Å². The number of piperidine rings is 1. The molecule has 15 heavy (non-hydrogen) atoms. The quantitative estimate of drug-likeness (QED) is 0.699. The number of carbonyl (C=O) groups excluding carboxylic acids is 1. The van der Waals surface area contributed by atoms with Crippen LogP contribution in [0.1, 0.15) is 32.6 Å². The number of terminal acetylenes is 1. The summed E-state index contributed by atoms with van der Waals surface area (Å²) in [5.74, 6) is 2.02. The Morgan fingerprint density at radius 1 is 1.60 bits per heavy atom. The normalized spacial score (nSPS) is 20.7. The standard InChI is InChI=1S/C12H20N2O/c1-3-9-14(12(15)4-2)10-11-7-5-6-8-13-11/h2,11,13H,3,5-10H2,1H3. The van der Waals surface area contributed by atoms with Crippen LogP contribution in [0.15, 0.2) is 0 Å². The van der Waals surface area contributed by atoms with Crippen molar-refractivity contribution in [2.45, 2.75) is 38.6 Å². The second-order valence-electron chi connectivity index (χ2n) is 4.04. The van der Waals surface area contributed by atoms with Crippen LogP contribution in [0.2, 0.25) is 0 Å². The Morgan fingerprint density at radius 2 is 2.40 bits per heavy atom. The van der Waals surface area contributed by atoms with Crippen LogP contribution in [0.3, 0.4) is 0 Å². The molecule has 1 fully saturated rings. The second kappa shape index (κ2) is 6.47. The Hall–Kier alpha value is -1.01. The van der Waals surface area contributed by atoms with Crippen molar-refractivity contribution >= 4 is 5.91 Å². The zero-order valence-corrected chi connectivity index (χ0v) is 9.46. The number of rotatable bonds is 4. The van der Waals surface area contributed by atoms with Gasteiger partial charge in [-0.3, -0.25) is 4.79 Å². The summed E-state index contributed by atoms with van der Waals surface area (Å²) in [6.07, 6.45) is 9.75. The van der Waals surface area contributed by atoms with Crippen LogP contribution in [-0.2, 0) is 4.79 Å². The highest BCUT2D eigenvalue weighted by molar-refractivity contribution is 5.92. The van der Waals surface area contributed by atoms with E-state index >= 15 is 0 Å². The fourth-order valence-corrected chi connectivity index (χ4v) is 1.98. The Bertz CT molecular complexity index is 238. The molecular weight excluding hydrogens is 188 g/mol. The van der Waals surface area contributed by atoms with Crippen molar-refractivity contribution in [2.24, 2.45) is 0 Å². The van der Waals surface area contributed by atoms with E-state index in [4.69, 9.17) is 6.42 Å². The van der Waals surface area contributed by atoms with Gasteiger partial charge in [-0.1, -0.05) is 13.3 Å². The number of amides is 1. The van der Waals surface area contributed by atoms with E-state index in [9.17, 15) is 4.79 Å². The lowest BCUT2D eigenvalue weighted by Gasteiger charge is -2.29. The van der Waals surface area contributed by atoms with Crippen molar-refractivity contribution in [2.75, 3.05) is 19.6 Å². The van der Waals surface area contributed by atoms with Gasteiger partial charge in [-0.05, 0) is 31.7 Å². The Morgan fingerprint density at radius 3 is 2.93 bits per heavy atom. The lowest BCUT2D eigenvalue weighted by molar-refractivity contribution is -0.125. The Labute approximate surface area is 92.2 Å². The van der Waals surface area contributed by atoms with Crippen LogP contribution in [0.5, 0.6) is 0 Å². The first-order valence-corrected chi connectivity index (χ1v) is 5.76. The average Bonchev–Trinajstić information content (AvgIpc) is 2.29. The van der Waals surface area contributed by atoms with Crippen molar-refractivity contribution in [3.8, 4) is 12.3 Å². The minimum absolute atomic E-state index is 0.177. The van der Waals surface area contributed by atoms with E-state index in [0.717, 1.165) is 32.5 Å². The molecule has 0 spiro atoms. The van der Waals surface area contributed by atoms with Crippen LogP contribution in [0.4, 0.5) is 0 Å². The minimum Gasteiger partial charge on any atom is -0.330 e. The van der Waals surface area contributed by atoms with Gasteiger partial charge in [-0.15, -0.1) is 6.42 Å². The molecule has 84 valence electrons. The van der Waals surface area contributed by atoms with Crippen molar-refractivity contribution < 1.29 is 4.79 Å². The Kier molecular flexibility index (Phi) is 5.20. The predicted molar refractivity (Wildman–Crippen MR) is 61.3 cm³/mol. The smallest absolute Gasteiger partial charge is 0.298 e. The molecule has 1 aliphatic rings. The number of carbonyl (C=O) groups is 1. The molecule has 3 nitrogen and oxygen atoms in total. The molecule has 1 aliphatic heterocycles. The first-order valence-electron chi connectivity index (χ1n) is 5.76. The lowest BCUT2D eigenvalue weighted by atomic mass is 10.0. The maximum Gasteiger partial charge on any atom is 0.298 e. The molecule has 1 rings (SSSR count). The number of nitrogens with one attached hydrogen (secondary N) is 1. The average molecular weight is 208 g/mol. The van der Waals surface area contributed by atoms with Gasteiger partial charge in [0, 0.05) is 19.1 Å². The van der Waals surface area contributed by atoms with Gasteiger partial charge in [0.2, 0.25) is 0 Å². The largest absolute Gasteiger partial charge is 0.330 e. The van der Waals surface area contributed by atoms with Gasteiger partial charge in [-0.2, -0.15) is 0 Å². The highest BCUT2D eigenvalue weighted by Crippen LogP contribution is 2.08. The topological polar surface area (TPSA) is 32.3 Å². The van der Waals surface area contributed by atoms with Crippen LogP contribution in [0, 0.1) is 12.3 Å². The summed E-state index contributed by atoms with van der Waals surface area (Å²) in [6.45, 7) is 4.65. The maximum absolute atomic E-state index is 11.4. The molecule has 1 N–H and O–H groups in total. The van der Waals surface area contributed by atoms with Gasteiger partial charge in [-0.25, -0.2) is 0 Å². The SMILES string of the molecule is C#CC(=O)N(CCC)CC1CCCCN1. The highest BCUT2D eigenvalue weighted by atomic mass is 16.2. The van der Waals surface area contributed by atoms with Crippen LogP contribution >= 0.6 is 0 Å². The van der Waals surface area contributed by atoms with Crippen molar-refractivity contribution in [3.05, 3.63) is 0 Å². The van der Waals surface area contributed by atoms with E-state index in [-0.39, 0.29) is 5.91 Å². The van der Waals surface area contributed by atoms with Gasteiger partial charge in [0.15, 0.2) is 0 Å². The molecule has 1 amide bonds. The van der Waals surface area contributed by atoms with Gasteiger partial charge in [0.05, 0.1) is 0 Å². The molecule has 1 heterocycles. The summed E-state index contributed by atoms with van der Waals surface area (Å²) >= 11 is 0. The lowest BCUT2D eigenvalue weighted by Crippen LogP contribution is -2.45. The van der Waals surface area contributed by atoms with E-state index in [1.54, 1.807) is 4.90 Å². The summed E-state index contributed by atoms with van der Waals surface area (Å²) in [6, 6.07) is 0.433. The molecule has 1 atom stereocenters. The molecule has 0 radical (unpaired) electrons. The molecule has 0 aliphatic carbocycles. The van der Waals surface area contributed by atoms with E-state index in [1.807, 2.05) is 0 Å². The zero-order valence-electron chi connectivity index (χ0n) is 9.46.